The Morgan fingerprint density at radius 3 is 2.68 bits per heavy atom. The molecule has 2 amide bonds. The highest BCUT2D eigenvalue weighted by atomic mass is 32.1. The number of anilines is 1. The summed E-state index contributed by atoms with van der Waals surface area (Å²) in [6.07, 6.45) is 2.18. The van der Waals surface area contributed by atoms with E-state index in [2.05, 4.69) is 20.8 Å². The van der Waals surface area contributed by atoms with E-state index in [1.165, 1.54) is 18.3 Å². The summed E-state index contributed by atoms with van der Waals surface area (Å²) in [7, 11) is 0. The summed E-state index contributed by atoms with van der Waals surface area (Å²) in [4.78, 5) is 28.0. The second-order valence-electron chi connectivity index (χ2n) is 6.93. The number of hydrogen-bond acceptors (Lipinski definition) is 6. The lowest BCUT2D eigenvalue weighted by Gasteiger charge is -2.12. The van der Waals surface area contributed by atoms with E-state index in [0.29, 0.717) is 11.0 Å². The molecule has 2 N–H and O–H groups in total. The van der Waals surface area contributed by atoms with Crippen LogP contribution in [0.2, 0.25) is 0 Å². The zero-order chi connectivity index (χ0) is 19.7. The van der Waals surface area contributed by atoms with Crippen LogP contribution in [-0.2, 0) is 4.79 Å². The van der Waals surface area contributed by atoms with Crippen LogP contribution in [0.25, 0.3) is 11.3 Å². The average molecular weight is 396 g/mol. The predicted molar refractivity (Wildman–Crippen MR) is 106 cm³/mol. The standard InChI is InChI=1S/C20H20N4O3S/c1-11(21-12(2)25)13-3-5-14(6-4-13)17-10-28-20(22-17)23-19(26)16-9-18(27-24-16)15-7-8-15/h3-6,9-11,15H,7-8H2,1-2H3,(H,21,25)(H,22,23,26)/t11-/m0/s1. The molecule has 4 rings (SSSR count). The van der Waals surface area contributed by atoms with Crippen molar-refractivity contribution >= 4 is 28.3 Å². The fourth-order valence-corrected chi connectivity index (χ4v) is 3.63. The Morgan fingerprint density at radius 1 is 1.25 bits per heavy atom. The van der Waals surface area contributed by atoms with Crippen LogP contribution in [0.4, 0.5) is 5.13 Å². The van der Waals surface area contributed by atoms with Gasteiger partial charge in [-0.2, -0.15) is 0 Å². The molecule has 1 aliphatic rings. The number of nitrogens with zero attached hydrogens (tertiary/aromatic N) is 2. The van der Waals surface area contributed by atoms with E-state index >= 15 is 0 Å². The maximum absolute atomic E-state index is 12.3. The van der Waals surface area contributed by atoms with Gasteiger partial charge in [0.05, 0.1) is 11.7 Å². The van der Waals surface area contributed by atoms with Crippen molar-refractivity contribution < 1.29 is 14.1 Å². The second-order valence-corrected chi connectivity index (χ2v) is 7.78. The lowest BCUT2D eigenvalue weighted by Crippen LogP contribution is -2.23. The van der Waals surface area contributed by atoms with Crippen LogP contribution >= 0.6 is 11.3 Å². The first-order valence-electron chi connectivity index (χ1n) is 9.10. The van der Waals surface area contributed by atoms with Crippen molar-refractivity contribution in [3.05, 3.63) is 52.7 Å². The lowest BCUT2D eigenvalue weighted by atomic mass is 10.1. The molecule has 1 fully saturated rings. The molecule has 1 saturated carbocycles. The molecule has 1 aliphatic carbocycles. The first kappa shape index (κ1) is 18.4. The predicted octanol–water partition coefficient (Wildman–Crippen LogP) is 4.12. The highest BCUT2D eigenvalue weighted by Crippen LogP contribution is 2.40. The number of carbonyl (C=O) groups is 2. The Hall–Kier alpha value is -3.00. The van der Waals surface area contributed by atoms with Gasteiger partial charge >= 0.3 is 0 Å². The maximum atomic E-state index is 12.3. The third-order valence-electron chi connectivity index (χ3n) is 4.59. The van der Waals surface area contributed by atoms with E-state index in [9.17, 15) is 9.59 Å². The van der Waals surface area contributed by atoms with Crippen molar-refractivity contribution in [2.24, 2.45) is 0 Å². The van der Waals surface area contributed by atoms with Crippen molar-refractivity contribution in [1.82, 2.24) is 15.5 Å². The van der Waals surface area contributed by atoms with Gasteiger partial charge in [0.1, 0.15) is 5.76 Å². The smallest absolute Gasteiger partial charge is 0.279 e. The van der Waals surface area contributed by atoms with Gasteiger partial charge in [-0.1, -0.05) is 29.4 Å². The molecular formula is C20H20N4O3S. The minimum atomic E-state index is -0.323. The third-order valence-corrected chi connectivity index (χ3v) is 5.35. The average Bonchev–Trinajstić information content (AvgIpc) is 3.21. The monoisotopic (exact) mass is 396 g/mol. The summed E-state index contributed by atoms with van der Waals surface area (Å²) in [5.74, 6) is 0.805. The highest BCUT2D eigenvalue weighted by molar-refractivity contribution is 7.14. The molecule has 0 saturated heterocycles. The minimum Gasteiger partial charge on any atom is -0.360 e. The van der Waals surface area contributed by atoms with E-state index in [-0.39, 0.29) is 23.6 Å². The molecule has 0 radical (unpaired) electrons. The number of rotatable bonds is 6. The molecule has 0 aliphatic heterocycles. The summed E-state index contributed by atoms with van der Waals surface area (Å²) in [6, 6.07) is 9.47. The Bertz CT molecular complexity index is 1000. The Balaban J connectivity index is 1.42. The van der Waals surface area contributed by atoms with Gasteiger partial charge in [0, 0.05) is 29.9 Å². The van der Waals surface area contributed by atoms with E-state index in [4.69, 9.17) is 4.52 Å². The number of amides is 2. The molecule has 3 aromatic rings. The van der Waals surface area contributed by atoms with Gasteiger partial charge in [-0.3, -0.25) is 14.9 Å². The zero-order valence-electron chi connectivity index (χ0n) is 15.6. The van der Waals surface area contributed by atoms with Crippen molar-refractivity contribution in [2.45, 2.75) is 38.6 Å². The quantitative estimate of drug-likeness (QED) is 0.653. The number of nitrogens with one attached hydrogen (secondary N) is 2. The number of aromatic nitrogens is 2. The van der Waals surface area contributed by atoms with E-state index in [1.807, 2.05) is 36.6 Å². The molecular weight excluding hydrogens is 376 g/mol. The molecule has 2 aromatic heterocycles. The molecule has 0 unspecified atom stereocenters. The maximum Gasteiger partial charge on any atom is 0.279 e. The molecule has 0 spiro atoms. The normalized spacial score (nSPS) is 14.5. The molecule has 8 heteroatoms. The van der Waals surface area contributed by atoms with Crippen LogP contribution in [0.15, 0.2) is 40.2 Å². The number of carbonyl (C=O) groups excluding carboxylic acids is 2. The summed E-state index contributed by atoms with van der Waals surface area (Å²) < 4.78 is 5.22. The van der Waals surface area contributed by atoms with Crippen LogP contribution in [-0.4, -0.2) is 22.0 Å². The first-order chi connectivity index (χ1) is 13.5. The van der Waals surface area contributed by atoms with Gasteiger partial charge in [-0.25, -0.2) is 4.98 Å². The van der Waals surface area contributed by atoms with E-state index in [1.54, 1.807) is 6.07 Å². The summed E-state index contributed by atoms with van der Waals surface area (Å²) in [5, 5.41) is 11.9. The molecule has 28 heavy (non-hydrogen) atoms. The molecule has 1 aromatic carbocycles. The fraction of sp³-hybridized carbons (Fsp3) is 0.300. The van der Waals surface area contributed by atoms with Gasteiger partial charge in [0.15, 0.2) is 10.8 Å². The third kappa shape index (κ3) is 4.12. The minimum absolute atomic E-state index is 0.0557. The largest absolute Gasteiger partial charge is 0.360 e. The van der Waals surface area contributed by atoms with Crippen molar-refractivity contribution in [1.29, 1.82) is 0 Å². The number of hydrogen-bond donors (Lipinski definition) is 2. The van der Waals surface area contributed by atoms with Crippen LogP contribution < -0.4 is 10.6 Å². The van der Waals surface area contributed by atoms with Gasteiger partial charge in [0.25, 0.3) is 5.91 Å². The van der Waals surface area contributed by atoms with Crippen LogP contribution in [0, 0.1) is 0 Å². The molecule has 7 nitrogen and oxygen atoms in total. The first-order valence-corrected chi connectivity index (χ1v) is 9.98. The second kappa shape index (κ2) is 7.55. The number of thiazole rings is 1. The zero-order valence-corrected chi connectivity index (χ0v) is 16.4. The van der Waals surface area contributed by atoms with Crippen LogP contribution in [0.5, 0.6) is 0 Å². The van der Waals surface area contributed by atoms with Crippen molar-refractivity contribution in [3.8, 4) is 11.3 Å². The summed E-state index contributed by atoms with van der Waals surface area (Å²) in [5.41, 5.74) is 3.00. The van der Waals surface area contributed by atoms with Gasteiger partial charge < -0.3 is 9.84 Å². The lowest BCUT2D eigenvalue weighted by molar-refractivity contribution is -0.119. The Labute approximate surface area is 166 Å². The van der Waals surface area contributed by atoms with Crippen LogP contribution in [0.3, 0.4) is 0 Å². The Morgan fingerprint density at radius 2 is 2.00 bits per heavy atom. The Kier molecular flexibility index (Phi) is 4.95. The van der Waals surface area contributed by atoms with E-state index in [0.717, 1.165) is 35.4 Å². The highest BCUT2D eigenvalue weighted by Gasteiger charge is 2.29. The van der Waals surface area contributed by atoms with Crippen molar-refractivity contribution in [2.75, 3.05) is 5.32 Å². The topological polar surface area (TPSA) is 97.1 Å². The summed E-state index contributed by atoms with van der Waals surface area (Å²) in [6.45, 7) is 3.44. The summed E-state index contributed by atoms with van der Waals surface area (Å²) >= 11 is 1.35. The molecule has 1 atom stereocenters. The number of benzene rings is 1. The molecule has 144 valence electrons. The molecule has 0 bridgehead atoms. The van der Waals surface area contributed by atoms with Gasteiger partial charge in [0.2, 0.25) is 5.91 Å². The SMILES string of the molecule is CC(=O)N[C@@H](C)c1ccc(-c2csc(NC(=O)c3cc(C4CC4)on3)n2)cc1. The van der Waals surface area contributed by atoms with Crippen LogP contribution in [0.1, 0.15) is 60.5 Å². The van der Waals surface area contributed by atoms with E-state index < -0.39 is 0 Å². The fourth-order valence-electron chi connectivity index (χ4n) is 2.91. The molecule has 2 heterocycles. The van der Waals surface area contributed by atoms with Gasteiger partial charge in [-0.05, 0) is 25.3 Å². The van der Waals surface area contributed by atoms with Crippen molar-refractivity contribution in [3.63, 3.8) is 0 Å². The van der Waals surface area contributed by atoms with Gasteiger partial charge in [-0.15, -0.1) is 11.3 Å².